The standard InChI is InChI=1S/C16H14F3NO3/c1-8(2)23-9-6-11(18)14(12(19)7-9)15-10(17)4-5-13(20-15)16(21)22-3/h4-8H,1-3H3. The lowest BCUT2D eigenvalue weighted by Crippen LogP contribution is -2.08. The highest BCUT2D eigenvalue weighted by Crippen LogP contribution is 2.30. The lowest BCUT2D eigenvalue weighted by atomic mass is 10.1. The summed E-state index contributed by atoms with van der Waals surface area (Å²) in [5, 5.41) is 0. The molecule has 0 fully saturated rings. The lowest BCUT2D eigenvalue weighted by Gasteiger charge is -2.12. The Morgan fingerprint density at radius 3 is 2.22 bits per heavy atom. The average Bonchev–Trinajstić information content (AvgIpc) is 2.47. The fourth-order valence-electron chi connectivity index (χ4n) is 1.95. The number of halogens is 3. The van der Waals surface area contributed by atoms with Crippen molar-refractivity contribution in [1.82, 2.24) is 4.98 Å². The quantitative estimate of drug-likeness (QED) is 0.804. The predicted octanol–water partition coefficient (Wildman–Crippen LogP) is 3.74. The van der Waals surface area contributed by atoms with Crippen LogP contribution >= 0.6 is 0 Å². The number of benzene rings is 1. The molecule has 0 amide bonds. The molecule has 0 saturated carbocycles. The number of hydrogen-bond donors (Lipinski definition) is 0. The van der Waals surface area contributed by atoms with Crippen LogP contribution in [0.3, 0.4) is 0 Å². The second-order valence-corrected chi connectivity index (χ2v) is 4.95. The first-order valence-corrected chi connectivity index (χ1v) is 6.74. The monoisotopic (exact) mass is 325 g/mol. The summed E-state index contributed by atoms with van der Waals surface area (Å²) in [6.07, 6.45) is -0.280. The van der Waals surface area contributed by atoms with E-state index >= 15 is 0 Å². The van der Waals surface area contributed by atoms with Gasteiger partial charge < -0.3 is 9.47 Å². The first-order chi connectivity index (χ1) is 10.8. The van der Waals surface area contributed by atoms with Gasteiger partial charge in [0.25, 0.3) is 0 Å². The van der Waals surface area contributed by atoms with Crippen LogP contribution in [0.5, 0.6) is 5.75 Å². The van der Waals surface area contributed by atoms with Crippen molar-refractivity contribution in [3.05, 3.63) is 47.4 Å². The van der Waals surface area contributed by atoms with Gasteiger partial charge in [0.15, 0.2) is 0 Å². The van der Waals surface area contributed by atoms with Crippen LogP contribution in [0, 0.1) is 17.5 Å². The third-order valence-corrected chi connectivity index (χ3v) is 2.86. The Kier molecular flexibility index (Phi) is 4.88. The number of carbonyl (C=O) groups is 1. The number of methoxy groups -OCH3 is 1. The van der Waals surface area contributed by atoms with Crippen molar-refractivity contribution in [3.63, 3.8) is 0 Å². The third-order valence-electron chi connectivity index (χ3n) is 2.86. The highest BCUT2D eigenvalue weighted by molar-refractivity contribution is 5.87. The molecule has 0 aliphatic heterocycles. The summed E-state index contributed by atoms with van der Waals surface area (Å²) >= 11 is 0. The number of pyridine rings is 1. The van der Waals surface area contributed by atoms with Crippen LogP contribution in [0.15, 0.2) is 24.3 Å². The zero-order valence-corrected chi connectivity index (χ0v) is 12.7. The van der Waals surface area contributed by atoms with E-state index < -0.39 is 34.7 Å². The van der Waals surface area contributed by atoms with E-state index in [0.29, 0.717) is 0 Å². The van der Waals surface area contributed by atoms with Crippen LogP contribution in [0.4, 0.5) is 13.2 Å². The molecule has 0 atom stereocenters. The Hall–Kier alpha value is -2.57. The van der Waals surface area contributed by atoms with Gasteiger partial charge >= 0.3 is 5.97 Å². The zero-order chi connectivity index (χ0) is 17.1. The van der Waals surface area contributed by atoms with Crippen molar-refractivity contribution in [3.8, 4) is 17.0 Å². The fourth-order valence-corrected chi connectivity index (χ4v) is 1.95. The van der Waals surface area contributed by atoms with Gasteiger partial charge in [-0.3, -0.25) is 0 Å². The summed E-state index contributed by atoms with van der Waals surface area (Å²) in [4.78, 5) is 15.1. The molecule has 1 aromatic heterocycles. The molecule has 1 aromatic carbocycles. The predicted molar refractivity (Wildman–Crippen MR) is 76.7 cm³/mol. The molecule has 0 aliphatic rings. The highest BCUT2D eigenvalue weighted by Gasteiger charge is 2.21. The van der Waals surface area contributed by atoms with Crippen LogP contribution in [0.1, 0.15) is 24.3 Å². The Morgan fingerprint density at radius 2 is 1.70 bits per heavy atom. The van der Waals surface area contributed by atoms with Crippen molar-refractivity contribution in [2.45, 2.75) is 20.0 Å². The molecule has 0 radical (unpaired) electrons. The van der Waals surface area contributed by atoms with Gasteiger partial charge in [-0.05, 0) is 26.0 Å². The Labute approximate surface area is 130 Å². The van der Waals surface area contributed by atoms with Gasteiger partial charge in [-0.1, -0.05) is 0 Å². The van der Waals surface area contributed by atoms with Crippen molar-refractivity contribution in [2.24, 2.45) is 0 Å². The van der Waals surface area contributed by atoms with Crippen LogP contribution < -0.4 is 4.74 Å². The summed E-state index contributed by atoms with van der Waals surface area (Å²) in [6.45, 7) is 3.40. The van der Waals surface area contributed by atoms with Gasteiger partial charge in [0.2, 0.25) is 0 Å². The van der Waals surface area contributed by atoms with Gasteiger partial charge in [0.1, 0.15) is 34.6 Å². The second-order valence-electron chi connectivity index (χ2n) is 4.95. The summed E-state index contributed by atoms with van der Waals surface area (Å²) in [5.74, 6) is -3.92. The molecular weight excluding hydrogens is 311 g/mol. The molecule has 0 bridgehead atoms. The van der Waals surface area contributed by atoms with E-state index in [1.165, 1.54) is 0 Å². The molecule has 0 saturated heterocycles. The highest BCUT2D eigenvalue weighted by atomic mass is 19.1. The number of hydrogen-bond acceptors (Lipinski definition) is 4. The zero-order valence-electron chi connectivity index (χ0n) is 12.7. The minimum Gasteiger partial charge on any atom is -0.491 e. The van der Waals surface area contributed by atoms with Crippen molar-refractivity contribution in [1.29, 1.82) is 0 Å². The second kappa shape index (κ2) is 6.68. The Balaban J connectivity index is 2.56. The molecule has 0 unspecified atom stereocenters. The Bertz CT molecular complexity index is 724. The van der Waals surface area contributed by atoms with Crippen LogP contribution in [0.25, 0.3) is 11.3 Å². The van der Waals surface area contributed by atoms with Gasteiger partial charge in [-0.2, -0.15) is 0 Å². The maximum absolute atomic E-state index is 14.2. The minimum atomic E-state index is -1.05. The molecule has 0 spiro atoms. The van der Waals surface area contributed by atoms with Crippen LogP contribution in [-0.4, -0.2) is 24.2 Å². The SMILES string of the molecule is COC(=O)c1ccc(F)c(-c2c(F)cc(OC(C)C)cc2F)n1. The summed E-state index contributed by atoms with van der Waals surface area (Å²) in [7, 11) is 1.12. The maximum atomic E-state index is 14.2. The topological polar surface area (TPSA) is 48.4 Å². The number of aromatic nitrogens is 1. The average molecular weight is 325 g/mol. The lowest BCUT2D eigenvalue weighted by molar-refractivity contribution is 0.0594. The van der Waals surface area contributed by atoms with E-state index in [2.05, 4.69) is 9.72 Å². The summed E-state index contributed by atoms with van der Waals surface area (Å²) < 4.78 is 52.0. The van der Waals surface area contributed by atoms with E-state index in [1.807, 2.05) is 0 Å². The minimum absolute atomic E-state index is 0.0247. The van der Waals surface area contributed by atoms with Gasteiger partial charge in [0.05, 0.1) is 18.8 Å². The van der Waals surface area contributed by atoms with Gasteiger partial charge in [-0.15, -0.1) is 0 Å². The summed E-state index contributed by atoms with van der Waals surface area (Å²) in [6, 6.07) is 3.83. The molecule has 1 heterocycles. The van der Waals surface area contributed by atoms with Crippen molar-refractivity contribution >= 4 is 5.97 Å². The van der Waals surface area contributed by atoms with Crippen LogP contribution in [-0.2, 0) is 4.74 Å². The van der Waals surface area contributed by atoms with Crippen molar-refractivity contribution < 1.29 is 27.4 Å². The van der Waals surface area contributed by atoms with Gasteiger partial charge in [0, 0.05) is 12.1 Å². The fraction of sp³-hybridized carbons (Fsp3) is 0.250. The molecule has 0 N–H and O–H groups in total. The van der Waals surface area contributed by atoms with Crippen molar-refractivity contribution in [2.75, 3.05) is 7.11 Å². The largest absolute Gasteiger partial charge is 0.491 e. The number of carbonyl (C=O) groups excluding carboxylic acids is 1. The molecule has 4 nitrogen and oxygen atoms in total. The molecule has 0 aliphatic carbocycles. The number of nitrogens with zero attached hydrogens (tertiary/aromatic N) is 1. The molecule has 23 heavy (non-hydrogen) atoms. The maximum Gasteiger partial charge on any atom is 0.356 e. The normalized spacial score (nSPS) is 10.7. The third kappa shape index (κ3) is 3.61. The number of rotatable bonds is 4. The smallest absolute Gasteiger partial charge is 0.356 e. The molecule has 2 rings (SSSR count). The van der Waals surface area contributed by atoms with E-state index in [1.54, 1.807) is 13.8 Å². The summed E-state index contributed by atoms with van der Waals surface area (Å²) in [5.41, 5.74) is -1.55. The van der Waals surface area contributed by atoms with Crippen LogP contribution in [0.2, 0.25) is 0 Å². The van der Waals surface area contributed by atoms with E-state index in [9.17, 15) is 18.0 Å². The first-order valence-electron chi connectivity index (χ1n) is 6.74. The number of ether oxygens (including phenoxy) is 2. The molecule has 7 heteroatoms. The molecule has 2 aromatic rings. The molecule has 122 valence electrons. The number of esters is 1. The van der Waals surface area contributed by atoms with E-state index in [4.69, 9.17) is 4.74 Å². The van der Waals surface area contributed by atoms with Gasteiger partial charge in [-0.25, -0.2) is 22.9 Å². The molecular formula is C16H14F3NO3. The van der Waals surface area contributed by atoms with E-state index in [0.717, 1.165) is 31.4 Å². The Morgan fingerprint density at radius 1 is 1.09 bits per heavy atom. The first kappa shape index (κ1) is 16.8. The van der Waals surface area contributed by atoms with E-state index in [-0.39, 0.29) is 17.5 Å².